The number of nitrogens with zero attached hydrogens (tertiary/aromatic N) is 1. The van der Waals surface area contributed by atoms with Crippen LogP contribution in [0.2, 0.25) is 0 Å². The van der Waals surface area contributed by atoms with E-state index in [2.05, 4.69) is 17.6 Å². The summed E-state index contributed by atoms with van der Waals surface area (Å²) in [6.07, 6.45) is 5.21. The van der Waals surface area contributed by atoms with Crippen LogP contribution in [-0.2, 0) is 4.79 Å². The van der Waals surface area contributed by atoms with Crippen LogP contribution in [-0.4, -0.2) is 34.9 Å². The number of thiocarbonyl (C=S) groups is 1. The van der Waals surface area contributed by atoms with Gasteiger partial charge in [-0.1, -0.05) is 25.1 Å². The van der Waals surface area contributed by atoms with Crippen molar-refractivity contribution < 1.29 is 9.59 Å². The SMILES string of the molecule is CC1CCN(C(=O)c2ccccc2NC(=S)NC(=O)C=Cc2cccs2)CC1. The molecule has 0 spiro atoms. The number of anilines is 1. The molecule has 28 heavy (non-hydrogen) atoms. The second-order valence-corrected chi connectivity index (χ2v) is 8.20. The van der Waals surface area contributed by atoms with E-state index in [0.29, 0.717) is 17.2 Å². The number of carbonyl (C=O) groups is 2. The van der Waals surface area contributed by atoms with Crippen LogP contribution in [0.15, 0.2) is 47.9 Å². The van der Waals surface area contributed by atoms with Gasteiger partial charge in [-0.05, 0) is 60.6 Å². The van der Waals surface area contributed by atoms with E-state index in [1.54, 1.807) is 29.5 Å². The molecule has 0 aliphatic carbocycles. The van der Waals surface area contributed by atoms with Crippen LogP contribution in [0.4, 0.5) is 5.69 Å². The van der Waals surface area contributed by atoms with Gasteiger partial charge in [0.15, 0.2) is 5.11 Å². The van der Waals surface area contributed by atoms with E-state index in [9.17, 15) is 9.59 Å². The molecule has 2 aromatic rings. The summed E-state index contributed by atoms with van der Waals surface area (Å²) in [4.78, 5) is 27.8. The van der Waals surface area contributed by atoms with Crippen LogP contribution in [0.3, 0.4) is 0 Å². The average Bonchev–Trinajstić information content (AvgIpc) is 3.20. The quantitative estimate of drug-likeness (QED) is 0.584. The highest BCUT2D eigenvalue weighted by Gasteiger charge is 2.23. The number of thiophene rings is 1. The van der Waals surface area contributed by atoms with Gasteiger partial charge in [-0.2, -0.15) is 0 Å². The summed E-state index contributed by atoms with van der Waals surface area (Å²) in [6, 6.07) is 11.1. The highest BCUT2D eigenvalue weighted by Crippen LogP contribution is 2.22. The Morgan fingerprint density at radius 2 is 1.93 bits per heavy atom. The predicted octanol–water partition coefficient (Wildman–Crippen LogP) is 4.15. The number of benzene rings is 1. The fourth-order valence-electron chi connectivity index (χ4n) is 3.01. The van der Waals surface area contributed by atoms with Crippen LogP contribution in [0.25, 0.3) is 6.08 Å². The highest BCUT2D eigenvalue weighted by molar-refractivity contribution is 7.80. The number of amides is 2. The van der Waals surface area contributed by atoms with Crippen molar-refractivity contribution in [3.8, 4) is 0 Å². The third kappa shape index (κ3) is 5.50. The van der Waals surface area contributed by atoms with Crippen molar-refractivity contribution in [2.75, 3.05) is 18.4 Å². The summed E-state index contributed by atoms with van der Waals surface area (Å²) in [7, 11) is 0. The normalized spacial score (nSPS) is 14.8. The molecule has 1 aromatic heterocycles. The Labute approximate surface area is 174 Å². The number of hydrogen-bond acceptors (Lipinski definition) is 4. The molecular weight excluding hydrogens is 390 g/mol. The molecule has 1 saturated heterocycles. The summed E-state index contributed by atoms with van der Waals surface area (Å²) in [5.41, 5.74) is 1.15. The van der Waals surface area contributed by atoms with Gasteiger partial charge in [-0.3, -0.25) is 14.9 Å². The van der Waals surface area contributed by atoms with Crippen molar-refractivity contribution in [2.24, 2.45) is 5.92 Å². The summed E-state index contributed by atoms with van der Waals surface area (Å²) in [5, 5.41) is 7.71. The fourth-order valence-corrected chi connectivity index (χ4v) is 3.84. The van der Waals surface area contributed by atoms with Crippen molar-refractivity contribution in [2.45, 2.75) is 19.8 Å². The molecular formula is C21H23N3O2S2. The minimum atomic E-state index is -0.320. The van der Waals surface area contributed by atoms with Crippen LogP contribution in [0.1, 0.15) is 35.0 Å². The summed E-state index contributed by atoms with van der Waals surface area (Å²) in [5.74, 6) is 0.323. The van der Waals surface area contributed by atoms with Crippen molar-refractivity contribution in [3.05, 3.63) is 58.3 Å². The van der Waals surface area contributed by atoms with E-state index < -0.39 is 0 Å². The summed E-state index contributed by atoms with van der Waals surface area (Å²) in [6.45, 7) is 3.75. The van der Waals surface area contributed by atoms with Crippen LogP contribution >= 0.6 is 23.6 Å². The zero-order chi connectivity index (χ0) is 19.9. The molecule has 0 radical (unpaired) electrons. The van der Waals surface area contributed by atoms with E-state index in [1.807, 2.05) is 34.5 Å². The van der Waals surface area contributed by atoms with E-state index in [4.69, 9.17) is 12.2 Å². The van der Waals surface area contributed by atoms with Gasteiger partial charge in [-0.25, -0.2) is 0 Å². The first-order valence-corrected chi connectivity index (χ1v) is 10.5. The lowest BCUT2D eigenvalue weighted by Crippen LogP contribution is -2.39. The second-order valence-electron chi connectivity index (χ2n) is 6.81. The van der Waals surface area contributed by atoms with Gasteiger partial charge in [0.1, 0.15) is 0 Å². The molecule has 5 nitrogen and oxygen atoms in total. The first kappa shape index (κ1) is 20.2. The Kier molecular flexibility index (Phi) is 6.95. The van der Waals surface area contributed by atoms with Crippen molar-refractivity contribution >= 4 is 52.2 Å². The number of piperidine rings is 1. The topological polar surface area (TPSA) is 61.4 Å². The van der Waals surface area contributed by atoms with Crippen molar-refractivity contribution in [1.82, 2.24) is 10.2 Å². The summed E-state index contributed by atoms with van der Waals surface area (Å²) < 4.78 is 0. The molecule has 7 heteroatoms. The Hall–Kier alpha value is -2.51. The van der Waals surface area contributed by atoms with Gasteiger partial charge in [0.25, 0.3) is 5.91 Å². The molecule has 0 atom stereocenters. The van der Waals surface area contributed by atoms with Gasteiger partial charge < -0.3 is 10.2 Å². The van der Waals surface area contributed by atoms with Gasteiger partial charge >= 0.3 is 0 Å². The number of rotatable bonds is 4. The first-order chi connectivity index (χ1) is 13.5. The maximum absolute atomic E-state index is 12.9. The number of likely N-dealkylation sites (tertiary alicyclic amines) is 1. The van der Waals surface area contributed by atoms with Crippen molar-refractivity contribution in [1.29, 1.82) is 0 Å². The molecule has 0 saturated carbocycles. The average molecular weight is 414 g/mol. The molecule has 1 aliphatic heterocycles. The highest BCUT2D eigenvalue weighted by atomic mass is 32.1. The molecule has 3 rings (SSSR count). The molecule has 1 fully saturated rings. The monoisotopic (exact) mass is 413 g/mol. The Balaban J connectivity index is 1.61. The summed E-state index contributed by atoms with van der Waals surface area (Å²) >= 11 is 6.79. The minimum Gasteiger partial charge on any atom is -0.339 e. The molecule has 2 heterocycles. The zero-order valence-corrected chi connectivity index (χ0v) is 17.3. The Morgan fingerprint density at radius 3 is 2.64 bits per heavy atom. The number of para-hydroxylation sites is 1. The lowest BCUT2D eigenvalue weighted by Gasteiger charge is -2.30. The number of hydrogen-bond donors (Lipinski definition) is 2. The fraction of sp³-hybridized carbons (Fsp3) is 0.286. The van der Waals surface area contributed by atoms with E-state index in [1.165, 1.54) is 6.08 Å². The maximum atomic E-state index is 12.9. The van der Waals surface area contributed by atoms with Gasteiger partial charge in [0.2, 0.25) is 5.91 Å². The van der Waals surface area contributed by atoms with Crippen LogP contribution < -0.4 is 10.6 Å². The standard InChI is InChI=1S/C21H23N3O2S2/c1-15-10-12-24(13-11-15)20(26)17-6-2-3-7-18(17)22-21(27)23-19(25)9-8-16-5-4-14-28-16/h2-9,14-15H,10-13H2,1H3,(H2,22,23,25,27). The van der Waals surface area contributed by atoms with Crippen molar-refractivity contribution in [3.63, 3.8) is 0 Å². The second kappa shape index (κ2) is 9.61. The van der Waals surface area contributed by atoms with Crippen LogP contribution in [0.5, 0.6) is 0 Å². The Bertz CT molecular complexity index is 870. The molecule has 2 amide bonds. The lowest BCUT2D eigenvalue weighted by molar-refractivity contribution is -0.115. The van der Waals surface area contributed by atoms with E-state index in [-0.39, 0.29) is 16.9 Å². The third-order valence-corrected chi connectivity index (χ3v) is 5.70. The van der Waals surface area contributed by atoms with Crippen LogP contribution in [0, 0.1) is 5.92 Å². The lowest BCUT2D eigenvalue weighted by atomic mass is 9.98. The number of nitrogens with one attached hydrogen (secondary N) is 2. The first-order valence-electron chi connectivity index (χ1n) is 9.25. The smallest absolute Gasteiger partial charge is 0.255 e. The van der Waals surface area contributed by atoms with E-state index in [0.717, 1.165) is 30.8 Å². The molecule has 146 valence electrons. The largest absolute Gasteiger partial charge is 0.339 e. The maximum Gasteiger partial charge on any atom is 0.255 e. The molecule has 1 aromatic carbocycles. The molecule has 0 bridgehead atoms. The van der Waals surface area contributed by atoms with Gasteiger partial charge in [0, 0.05) is 24.0 Å². The molecule has 1 aliphatic rings. The Morgan fingerprint density at radius 1 is 1.18 bits per heavy atom. The molecule has 0 unspecified atom stereocenters. The molecule has 2 N–H and O–H groups in total. The minimum absolute atomic E-state index is 0.0123. The van der Waals surface area contributed by atoms with Gasteiger partial charge in [0.05, 0.1) is 11.3 Å². The van der Waals surface area contributed by atoms with Gasteiger partial charge in [-0.15, -0.1) is 11.3 Å². The third-order valence-electron chi connectivity index (χ3n) is 4.66. The predicted molar refractivity (Wildman–Crippen MR) is 118 cm³/mol. The number of carbonyl (C=O) groups excluding carboxylic acids is 2. The zero-order valence-electron chi connectivity index (χ0n) is 15.7. The van der Waals surface area contributed by atoms with E-state index >= 15 is 0 Å².